The van der Waals surface area contributed by atoms with Crippen LogP contribution in [0.5, 0.6) is 0 Å². The zero-order valence-corrected chi connectivity index (χ0v) is 9.36. The van der Waals surface area contributed by atoms with Gasteiger partial charge in [-0.2, -0.15) is 13.2 Å². The number of hydrogen-bond donors (Lipinski definition) is 0. The molecule has 0 fully saturated rings. The van der Waals surface area contributed by atoms with Crippen molar-refractivity contribution < 1.29 is 13.2 Å². The van der Waals surface area contributed by atoms with E-state index in [-0.39, 0.29) is 0 Å². The van der Waals surface area contributed by atoms with Crippen LogP contribution in [-0.2, 0) is 12.6 Å². The standard InChI is InChI=1S/C13H14F3/c1-4-9(3)11-6-10(5-2)7-12(8-11)13(14,15)16/h4,6-8H,1,5H2,2-3H3. The maximum Gasteiger partial charge on any atom is 0.416 e. The Bertz CT molecular complexity index is 377. The first-order chi connectivity index (χ1) is 7.38. The van der Waals surface area contributed by atoms with E-state index in [0.29, 0.717) is 17.5 Å². The van der Waals surface area contributed by atoms with E-state index in [0.717, 1.165) is 12.0 Å². The van der Waals surface area contributed by atoms with Gasteiger partial charge in [0.25, 0.3) is 0 Å². The normalized spacial score (nSPS) is 11.9. The molecule has 1 aromatic rings. The third-order valence-corrected chi connectivity index (χ3v) is 2.49. The molecule has 0 nitrogen and oxygen atoms in total. The summed E-state index contributed by atoms with van der Waals surface area (Å²) >= 11 is 0. The highest BCUT2D eigenvalue weighted by molar-refractivity contribution is 5.42. The SMILES string of the molecule is C=C[C](C)c1cc(CC)cc(C(F)(F)F)c1. The Hall–Kier alpha value is -1.25. The molecule has 0 amide bonds. The van der Waals surface area contributed by atoms with Crippen LogP contribution in [0.1, 0.15) is 30.5 Å². The van der Waals surface area contributed by atoms with Crippen LogP contribution < -0.4 is 0 Å². The summed E-state index contributed by atoms with van der Waals surface area (Å²) in [5.41, 5.74) is 0.677. The van der Waals surface area contributed by atoms with Gasteiger partial charge in [0.15, 0.2) is 0 Å². The molecule has 0 aliphatic heterocycles. The highest BCUT2D eigenvalue weighted by Crippen LogP contribution is 2.32. The van der Waals surface area contributed by atoms with Crippen LogP contribution in [0.25, 0.3) is 0 Å². The Morgan fingerprint density at radius 1 is 1.31 bits per heavy atom. The van der Waals surface area contributed by atoms with Crippen LogP contribution in [-0.4, -0.2) is 0 Å². The van der Waals surface area contributed by atoms with E-state index < -0.39 is 11.7 Å². The predicted octanol–water partition coefficient (Wildman–Crippen LogP) is 4.40. The number of halogens is 3. The summed E-state index contributed by atoms with van der Waals surface area (Å²) in [4.78, 5) is 0. The number of hydrogen-bond acceptors (Lipinski definition) is 0. The maximum atomic E-state index is 12.6. The fourth-order valence-electron chi connectivity index (χ4n) is 1.41. The van der Waals surface area contributed by atoms with Gasteiger partial charge < -0.3 is 0 Å². The molecule has 1 aromatic carbocycles. The molecule has 0 atom stereocenters. The average Bonchev–Trinajstić information content (AvgIpc) is 2.26. The largest absolute Gasteiger partial charge is 0.416 e. The number of aryl methyl sites for hydroxylation is 1. The van der Waals surface area contributed by atoms with Crippen molar-refractivity contribution >= 4 is 0 Å². The molecule has 0 aliphatic rings. The van der Waals surface area contributed by atoms with Crippen molar-refractivity contribution in [2.75, 3.05) is 0 Å². The second-order valence-electron chi connectivity index (χ2n) is 3.66. The van der Waals surface area contributed by atoms with Crippen molar-refractivity contribution in [2.24, 2.45) is 0 Å². The Labute approximate surface area is 93.8 Å². The molecular weight excluding hydrogens is 213 g/mol. The molecule has 0 saturated heterocycles. The number of allylic oxidation sites excluding steroid dienone is 1. The Kier molecular flexibility index (Phi) is 3.79. The van der Waals surface area contributed by atoms with Gasteiger partial charge in [0.05, 0.1) is 5.56 Å². The van der Waals surface area contributed by atoms with Gasteiger partial charge in [-0.25, -0.2) is 0 Å². The van der Waals surface area contributed by atoms with Crippen molar-refractivity contribution in [3.63, 3.8) is 0 Å². The summed E-state index contributed by atoms with van der Waals surface area (Å²) in [5, 5.41) is 0. The van der Waals surface area contributed by atoms with Crippen LogP contribution in [0, 0.1) is 5.92 Å². The van der Waals surface area contributed by atoms with Crippen LogP contribution in [0.3, 0.4) is 0 Å². The molecule has 0 unspecified atom stereocenters. The first kappa shape index (κ1) is 12.8. The first-order valence-electron chi connectivity index (χ1n) is 5.06. The highest BCUT2D eigenvalue weighted by atomic mass is 19.4. The number of alkyl halides is 3. The maximum absolute atomic E-state index is 12.6. The molecule has 0 aliphatic carbocycles. The Balaban J connectivity index is 3.26. The first-order valence-corrected chi connectivity index (χ1v) is 5.06. The third kappa shape index (κ3) is 2.87. The number of benzene rings is 1. The lowest BCUT2D eigenvalue weighted by atomic mass is 9.95. The summed E-state index contributed by atoms with van der Waals surface area (Å²) in [6, 6.07) is 4.13. The molecule has 16 heavy (non-hydrogen) atoms. The molecule has 87 valence electrons. The third-order valence-electron chi connectivity index (χ3n) is 2.49. The van der Waals surface area contributed by atoms with Gasteiger partial charge in [-0.3, -0.25) is 0 Å². The summed E-state index contributed by atoms with van der Waals surface area (Å²) in [6.45, 7) is 7.15. The van der Waals surface area contributed by atoms with E-state index in [2.05, 4.69) is 6.58 Å². The second kappa shape index (κ2) is 4.73. The van der Waals surface area contributed by atoms with Gasteiger partial charge >= 0.3 is 6.18 Å². The molecule has 0 aromatic heterocycles. The van der Waals surface area contributed by atoms with E-state index in [1.807, 2.05) is 6.92 Å². The Morgan fingerprint density at radius 2 is 1.94 bits per heavy atom. The molecule has 0 spiro atoms. The van der Waals surface area contributed by atoms with Gasteiger partial charge in [-0.1, -0.05) is 26.0 Å². The topological polar surface area (TPSA) is 0 Å². The van der Waals surface area contributed by atoms with E-state index in [4.69, 9.17) is 0 Å². The lowest BCUT2D eigenvalue weighted by Crippen LogP contribution is -2.07. The van der Waals surface area contributed by atoms with Crippen molar-refractivity contribution in [1.29, 1.82) is 0 Å². The lowest BCUT2D eigenvalue weighted by molar-refractivity contribution is -0.137. The highest BCUT2D eigenvalue weighted by Gasteiger charge is 2.31. The summed E-state index contributed by atoms with van der Waals surface area (Å²) in [5.74, 6) is 0.751. The predicted molar refractivity (Wildman–Crippen MR) is 59.0 cm³/mol. The fourth-order valence-corrected chi connectivity index (χ4v) is 1.41. The second-order valence-corrected chi connectivity index (χ2v) is 3.66. The van der Waals surface area contributed by atoms with E-state index in [9.17, 15) is 13.2 Å². The molecule has 1 radical (unpaired) electrons. The fraction of sp³-hybridized carbons (Fsp3) is 0.308. The molecule has 0 saturated carbocycles. The van der Waals surface area contributed by atoms with Gasteiger partial charge in [0.1, 0.15) is 0 Å². The molecule has 0 N–H and O–H groups in total. The summed E-state index contributed by atoms with van der Waals surface area (Å²) in [6.07, 6.45) is -2.14. The van der Waals surface area contributed by atoms with Crippen molar-refractivity contribution in [2.45, 2.75) is 26.4 Å². The molecule has 3 heteroatoms. The van der Waals surface area contributed by atoms with Gasteiger partial charge in [-0.15, -0.1) is 6.58 Å². The van der Waals surface area contributed by atoms with Crippen LogP contribution in [0.2, 0.25) is 0 Å². The van der Waals surface area contributed by atoms with Crippen LogP contribution >= 0.6 is 0 Å². The minimum atomic E-state index is -4.29. The van der Waals surface area contributed by atoms with E-state index in [1.54, 1.807) is 19.1 Å². The molecular formula is C13H14F3. The van der Waals surface area contributed by atoms with Crippen LogP contribution in [0.15, 0.2) is 30.9 Å². The minimum absolute atomic E-state index is 0.585. The molecule has 0 heterocycles. The molecule has 1 rings (SSSR count). The van der Waals surface area contributed by atoms with Gasteiger partial charge in [-0.05, 0) is 29.7 Å². The Morgan fingerprint density at radius 3 is 2.38 bits per heavy atom. The summed E-state index contributed by atoms with van der Waals surface area (Å²) in [7, 11) is 0. The van der Waals surface area contributed by atoms with Crippen molar-refractivity contribution in [3.8, 4) is 0 Å². The lowest BCUT2D eigenvalue weighted by Gasteiger charge is -2.13. The van der Waals surface area contributed by atoms with Gasteiger partial charge in [0, 0.05) is 5.92 Å². The smallest absolute Gasteiger partial charge is 0.166 e. The van der Waals surface area contributed by atoms with E-state index in [1.165, 1.54) is 6.07 Å². The number of rotatable bonds is 3. The molecule has 0 bridgehead atoms. The monoisotopic (exact) mass is 227 g/mol. The van der Waals surface area contributed by atoms with Crippen molar-refractivity contribution in [1.82, 2.24) is 0 Å². The van der Waals surface area contributed by atoms with Crippen LogP contribution in [0.4, 0.5) is 13.2 Å². The van der Waals surface area contributed by atoms with Crippen molar-refractivity contribution in [3.05, 3.63) is 53.5 Å². The minimum Gasteiger partial charge on any atom is -0.166 e. The summed E-state index contributed by atoms with van der Waals surface area (Å²) < 4.78 is 37.8. The van der Waals surface area contributed by atoms with Gasteiger partial charge in [0.2, 0.25) is 0 Å². The van der Waals surface area contributed by atoms with E-state index >= 15 is 0 Å². The zero-order valence-electron chi connectivity index (χ0n) is 9.36. The average molecular weight is 227 g/mol. The quantitative estimate of drug-likeness (QED) is 0.718. The zero-order chi connectivity index (χ0) is 12.3.